The zero-order valence-electron chi connectivity index (χ0n) is 11.1. The molecular formula is C10H22N2O5S. The number of carbonyl (C=O) groups is 1. The number of carbonyl (C=O) groups excluding carboxylic acids is 1. The second kappa shape index (κ2) is 8.20. The smallest absolute Gasteiger partial charge is 0.243 e. The Morgan fingerprint density at radius 3 is 2.44 bits per heavy atom. The molecule has 0 heterocycles. The van der Waals surface area contributed by atoms with E-state index < -0.39 is 16.0 Å². The molecule has 0 bridgehead atoms. The number of amides is 1. The molecule has 0 fully saturated rings. The van der Waals surface area contributed by atoms with Crippen molar-refractivity contribution in [3.05, 3.63) is 12.7 Å². The second-order valence-corrected chi connectivity index (χ2v) is 5.19. The third kappa shape index (κ3) is 11.5. The fourth-order valence-electron chi connectivity index (χ4n) is 1.28. The summed E-state index contributed by atoms with van der Waals surface area (Å²) in [6.45, 7) is 6.85. The fraction of sp³-hybridized carbons (Fsp3) is 0.700. The van der Waals surface area contributed by atoms with Crippen LogP contribution in [-0.4, -0.2) is 31.0 Å². The minimum Gasteiger partial charge on any atom is -0.726 e. The molecule has 0 atom stereocenters. The normalized spacial score (nSPS) is 11.5. The van der Waals surface area contributed by atoms with Crippen LogP contribution in [-0.2, 0) is 19.4 Å². The van der Waals surface area contributed by atoms with Crippen molar-refractivity contribution in [2.24, 2.45) is 0 Å². The molecule has 1 amide bonds. The number of rotatable bonds is 8. The summed E-state index contributed by atoms with van der Waals surface area (Å²) in [6, 6.07) is 0. The van der Waals surface area contributed by atoms with E-state index in [0.29, 0.717) is 25.8 Å². The van der Waals surface area contributed by atoms with Crippen LogP contribution >= 0.6 is 0 Å². The third-order valence-electron chi connectivity index (χ3n) is 2.02. The van der Waals surface area contributed by atoms with Gasteiger partial charge in [-0.05, 0) is 39.2 Å². The van der Waals surface area contributed by atoms with Crippen molar-refractivity contribution < 1.29 is 21.9 Å². The van der Waals surface area contributed by atoms with E-state index in [4.69, 9.17) is 0 Å². The van der Waals surface area contributed by atoms with E-state index in [1.54, 1.807) is 0 Å². The van der Waals surface area contributed by atoms with E-state index >= 15 is 0 Å². The monoisotopic (exact) mass is 282 g/mol. The maximum atomic E-state index is 10.8. The van der Waals surface area contributed by atoms with Crippen molar-refractivity contribution >= 4 is 16.3 Å². The van der Waals surface area contributed by atoms with Gasteiger partial charge in [-0.15, -0.1) is 0 Å². The van der Waals surface area contributed by atoms with Crippen LogP contribution in [0.15, 0.2) is 12.7 Å². The zero-order valence-corrected chi connectivity index (χ0v) is 11.9. The maximum absolute atomic E-state index is 10.8. The molecule has 7 nitrogen and oxygen atoms in total. The molecule has 0 aromatic rings. The lowest BCUT2D eigenvalue weighted by Crippen LogP contribution is -2.28. The quantitative estimate of drug-likeness (QED) is 0.297. The summed E-state index contributed by atoms with van der Waals surface area (Å²) >= 11 is 0. The van der Waals surface area contributed by atoms with E-state index in [-0.39, 0.29) is 12.1 Å². The Hall–Kier alpha value is -0.960. The molecule has 0 saturated carbocycles. The Morgan fingerprint density at radius 2 is 2.00 bits per heavy atom. The molecule has 5 N–H and O–H groups in total. The molecule has 0 aliphatic carbocycles. The second-order valence-electron chi connectivity index (χ2n) is 4.20. The summed E-state index contributed by atoms with van der Waals surface area (Å²) in [5.41, 5.74) is -1.01. The average Bonchev–Trinajstić information content (AvgIpc) is 2.12. The molecule has 0 unspecified atom stereocenters. The van der Waals surface area contributed by atoms with Gasteiger partial charge >= 0.3 is 0 Å². The summed E-state index contributed by atoms with van der Waals surface area (Å²) in [5, 5.41) is 2.59. The first-order valence-electron chi connectivity index (χ1n) is 5.23. The van der Waals surface area contributed by atoms with Crippen molar-refractivity contribution in [1.29, 1.82) is 0 Å². The Bertz CT molecular complexity index is 364. The van der Waals surface area contributed by atoms with Crippen LogP contribution in [0.1, 0.15) is 33.1 Å². The highest BCUT2D eigenvalue weighted by Gasteiger charge is 2.21. The van der Waals surface area contributed by atoms with E-state index in [1.165, 1.54) is 19.9 Å². The summed E-state index contributed by atoms with van der Waals surface area (Å²) in [7, 11) is -4.67. The van der Waals surface area contributed by atoms with Gasteiger partial charge in [0.1, 0.15) is 0 Å². The van der Waals surface area contributed by atoms with Gasteiger partial charge in [-0.2, -0.15) is 0 Å². The number of hydrogen-bond donors (Lipinski definition) is 2. The highest BCUT2D eigenvalue weighted by Crippen LogP contribution is 2.19. The average molecular weight is 282 g/mol. The molecule has 18 heavy (non-hydrogen) atoms. The van der Waals surface area contributed by atoms with Gasteiger partial charge in [-0.1, -0.05) is 6.58 Å². The van der Waals surface area contributed by atoms with Crippen LogP contribution in [0.4, 0.5) is 0 Å². The van der Waals surface area contributed by atoms with E-state index in [0.717, 1.165) is 0 Å². The zero-order chi connectivity index (χ0) is 13.5. The highest BCUT2D eigenvalue weighted by atomic mass is 32.3. The highest BCUT2D eigenvalue weighted by molar-refractivity contribution is 7.80. The van der Waals surface area contributed by atoms with Gasteiger partial charge in [0.25, 0.3) is 0 Å². The Balaban J connectivity index is 0. The first kappa shape index (κ1) is 19.4. The van der Waals surface area contributed by atoms with Gasteiger partial charge in [-0.3, -0.25) is 8.98 Å². The van der Waals surface area contributed by atoms with Gasteiger partial charge in [0, 0.05) is 6.54 Å². The third-order valence-corrected chi connectivity index (χ3v) is 2.67. The van der Waals surface area contributed by atoms with Crippen molar-refractivity contribution in [3.8, 4) is 0 Å². The molecule has 0 spiro atoms. The summed E-state index contributed by atoms with van der Waals surface area (Å²) in [4.78, 5) is 10.8. The van der Waals surface area contributed by atoms with Crippen LogP contribution in [0.5, 0.6) is 0 Å². The molecule has 108 valence electrons. The van der Waals surface area contributed by atoms with E-state index in [2.05, 4.69) is 16.1 Å². The van der Waals surface area contributed by atoms with E-state index in [1.807, 2.05) is 0 Å². The molecule has 0 aromatic heterocycles. The van der Waals surface area contributed by atoms with Crippen LogP contribution < -0.4 is 11.5 Å². The van der Waals surface area contributed by atoms with Crippen LogP contribution in [0.3, 0.4) is 0 Å². The lowest BCUT2D eigenvalue weighted by Gasteiger charge is -2.25. The van der Waals surface area contributed by atoms with E-state index in [9.17, 15) is 17.8 Å². The van der Waals surface area contributed by atoms with Gasteiger partial charge in [-0.25, -0.2) is 8.42 Å². The van der Waals surface area contributed by atoms with Crippen molar-refractivity contribution in [1.82, 2.24) is 11.5 Å². The molecule has 0 saturated heterocycles. The molecule has 8 heteroatoms. The standard InChI is InChI=1S/C10H19NO5S.H3N/c1-4-9(12)11-8-6-5-7-10(2,3)16-17(13,14)15;/h4H,1,5-8H2,2-3H3,(H,11,12)(H,13,14,15);1H3. The van der Waals surface area contributed by atoms with Crippen molar-refractivity contribution in [2.75, 3.05) is 6.54 Å². The number of unbranched alkanes of at least 4 members (excludes halogenated alkanes) is 1. The minimum absolute atomic E-state index is 0. The van der Waals surface area contributed by atoms with Crippen molar-refractivity contribution in [3.63, 3.8) is 0 Å². The van der Waals surface area contributed by atoms with Crippen LogP contribution in [0, 0.1) is 0 Å². The predicted octanol–water partition coefficient (Wildman–Crippen LogP) is 1.09. The van der Waals surface area contributed by atoms with Crippen LogP contribution in [0.25, 0.3) is 0 Å². The fourth-order valence-corrected chi connectivity index (χ4v) is 1.91. The maximum Gasteiger partial charge on any atom is 0.243 e. The summed E-state index contributed by atoms with van der Waals surface area (Å²) in [5.74, 6) is -0.248. The first-order valence-corrected chi connectivity index (χ1v) is 6.56. The van der Waals surface area contributed by atoms with Gasteiger partial charge in [0.2, 0.25) is 16.3 Å². The largest absolute Gasteiger partial charge is 0.726 e. The predicted molar refractivity (Wildman–Crippen MR) is 67.9 cm³/mol. The lowest BCUT2D eigenvalue weighted by molar-refractivity contribution is -0.116. The van der Waals surface area contributed by atoms with Gasteiger partial charge < -0.3 is 16.0 Å². The number of hydrogen-bond acceptors (Lipinski definition) is 5. The Labute approximate surface area is 108 Å². The lowest BCUT2D eigenvalue weighted by atomic mass is 10.0. The topological polar surface area (TPSA) is 132 Å². The summed E-state index contributed by atoms with van der Waals surface area (Å²) < 4.78 is 35.6. The molecular weight excluding hydrogens is 260 g/mol. The van der Waals surface area contributed by atoms with Gasteiger partial charge in [0.05, 0.1) is 5.60 Å². The summed E-state index contributed by atoms with van der Waals surface area (Å²) in [6.07, 6.45) is 2.90. The SMILES string of the molecule is C=CC(=O)NCCCCC(C)(C)OS(=O)(=O)[O-].[NH4+]. The van der Waals surface area contributed by atoms with Crippen LogP contribution in [0.2, 0.25) is 0 Å². The molecule has 0 aromatic carbocycles. The van der Waals surface area contributed by atoms with Gasteiger partial charge in [0.15, 0.2) is 0 Å². The molecule has 0 aliphatic rings. The molecule has 0 radical (unpaired) electrons. The molecule has 0 aliphatic heterocycles. The molecule has 0 rings (SSSR count). The Kier molecular flexibility index (Phi) is 8.83. The van der Waals surface area contributed by atoms with Crippen molar-refractivity contribution in [2.45, 2.75) is 38.7 Å². The first-order chi connectivity index (χ1) is 7.66. The minimum atomic E-state index is -4.67. The number of nitrogens with one attached hydrogen (secondary N) is 1. The number of quaternary nitrogens is 1. The Morgan fingerprint density at radius 1 is 1.44 bits per heavy atom.